The van der Waals surface area contributed by atoms with E-state index in [1.54, 1.807) is 21.3 Å². The van der Waals surface area contributed by atoms with Crippen LogP contribution in [0.4, 0.5) is 26.3 Å². The molecule has 192 valence electrons. The summed E-state index contributed by atoms with van der Waals surface area (Å²) in [6.07, 6.45) is 0.452. The van der Waals surface area contributed by atoms with Crippen LogP contribution in [0.25, 0.3) is 0 Å². The lowest BCUT2D eigenvalue weighted by molar-refractivity contribution is -0.143. The average Bonchev–Trinajstić information content (AvgIpc) is 2.76. The molecule has 1 aromatic carbocycles. The van der Waals surface area contributed by atoms with E-state index in [0.29, 0.717) is 6.42 Å². The summed E-state index contributed by atoms with van der Waals surface area (Å²) in [6, 6.07) is 2.63. The van der Waals surface area contributed by atoms with Crippen molar-refractivity contribution in [2.75, 3.05) is 21.3 Å². The van der Waals surface area contributed by atoms with Crippen LogP contribution in [0.3, 0.4) is 0 Å². The zero-order valence-corrected chi connectivity index (χ0v) is 20.7. The predicted octanol–water partition coefficient (Wildman–Crippen LogP) is 8.05. The highest BCUT2D eigenvalue weighted by atomic mass is 28.4. The van der Waals surface area contributed by atoms with Crippen LogP contribution < -0.4 is 0 Å². The Bertz CT molecular complexity index is 635. The molecule has 0 bridgehead atoms. The lowest BCUT2D eigenvalue weighted by Crippen LogP contribution is -2.42. The molecule has 0 aliphatic carbocycles. The maximum Gasteiger partial charge on any atom is 0.500 e. The summed E-state index contributed by atoms with van der Waals surface area (Å²) in [6.45, 7) is 0. The molecular weight excluding hydrogens is 466 g/mol. The topological polar surface area (TPSA) is 27.7 Å². The summed E-state index contributed by atoms with van der Waals surface area (Å²) in [5.74, 6) is 0. The molecule has 0 spiro atoms. The van der Waals surface area contributed by atoms with Crippen LogP contribution in [0.2, 0.25) is 6.04 Å². The molecule has 0 fully saturated rings. The lowest BCUT2D eigenvalue weighted by atomic mass is 9.99. The first-order chi connectivity index (χ1) is 15.5. The Morgan fingerprint density at radius 1 is 0.576 bits per heavy atom. The van der Waals surface area contributed by atoms with Gasteiger partial charge in [-0.15, -0.1) is 0 Å². The smallest absolute Gasteiger partial charge is 0.377 e. The molecule has 10 heteroatoms. The maximum absolute atomic E-state index is 12.9. The first-order valence-corrected chi connectivity index (χ1v) is 13.3. The molecule has 0 aromatic heterocycles. The molecule has 33 heavy (non-hydrogen) atoms. The monoisotopic (exact) mass is 502 g/mol. The lowest BCUT2D eigenvalue weighted by Gasteiger charge is -2.24. The molecule has 1 aromatic rings. The van der Waals surface area contributed by atoms with E-state index in [0.717, 1.165) is 76.0 Å². The minimum Gasteiger partial charge on any atom is -0.377 e. The highest BCUT2D eigenvalue weighted by Crippen LogP contribution is 2.36. The summed E-state index contributed by atoms with van der Waals surface area (Å²) >= 11 is 0. The normalized spacial score (nSPS) is 13.0. The van der Waals surface area contributed by atoms with Crippen LogP contribution in [0.1, 0.15) is 80.9 Å². The Kier molecular flexibility index (Phi) is 13.0. The third kappa shape index (κ3) is 11.2. The average molecular weight is 503 g/mol. The van der Waals surface area contributed by atoms with Gasteiger partial charge in [-0.25, -0.2) is 0 Å². The Labute approximate surface area is 194 Å². The fraction of sp³-hybridized carbons (Fsp3) is 0.739. The van der Waals surface area contributed by atoms with Gasteiger partial charge in [0, 0.05) is 27.4 Å². The molecular formula is C23H36F6O3Si. The highest BCUT2D eigenvalue weighted by molar-refractivity contribution is 6.60. The fourth-order valence-corrected chi connectivity index (χ4v) is 5.60. The van der Waals surface area contributed by atoms with Gasteiger partial charge in [-0.3, -0.25) is 0 Å². The van der Waals surface area contributed by atoms with E-state index in [4.69, 9.17) is 13.3 Å². The molecule has 1 rings (SSSR count). The maximum atomic E-state index is 12.9. The summed E-state index contributed by atoms with van der Waals surface area (Å²) in [5.41, 5.74) is -2.40. The molecule has 0 atom stereocenters. The number of alkyl halides is 6. The zero-order valence-electron chi connectivity index (χ0n) is 19.7. The van der Waals surface area contributed by atoms with Crippen molar-refractivity contribution in [2.45, 2.75) is 89.0 Å². The molecule has 0 radical (unpaired) electrons. The quantitative estimate of drug-likeness (QED) is 0.130. The van der Waals surface area contributed by atoms with Crippen molar-refractivity contribution in [1.29, 1.82) is 0 Å². The first kappa shape index (κ1) is 29.9. The Morgan fingerprint density at radius 3 is 1.30 bits per heavy atom. The minimum atomic E-state index is -4.79. The van der Waals surface area contributed by atoms with Crippen LogP contribution in [0.5, 0.6) is 0 Å². The number of rotatable bonds is 16. The minimum absolute atomic E-state index is 0.0830. The van der Waals surface area contributed by atoms with Crippen LogP contribution in [-0.2, 0) is 32.1 Å². The van der Waals surface area contributed by atoms with Gasteiger partial charge in [-0.1, -0.05) is 51.4 Å². The standard InChI is InChI=1S/C23H36F6O3Si/c1-30-33(31-2,32-3)15-13-11-9-7-5-4-6-8-10-12-14-19-16-20(22(24,25)26)18-21(17-19)23(27,28)29/h16-18H,4-15H2,1-3H3. The molecule has 0 aliphatic rings. The number of halogens is 6. The van der Waals surface area contributed by atoms with Crippen molar-refractivity contribution in [1.82, 2.24) is 0 Å². The third-order valence-corrected chi connectivity index (χ3v) is 8.61. The molecule has 0 heterocycles. The number of hydrogen-bond acceptors (Lipinski definition) is 3. The molecule has 0 amide bonds. The number of unbranched alkanes of at least 4 members (excludes halogenated alkanes) is 9. The van der Waals surface area contributed by atoms with Gasteiger partial charge >= 0.3 is 21.2 Å². The van der Waals surface area contributed by atoms with Gasteiger partial charge in [-0.05, 0) is 43.0 Å². The zero-order chi connectivity index (χ0) is 25.0. The second kappa shape index (κ2) is 14.3. The van der Waals surface area contributed by atoms with Gasteiger partial charge < -0.3 is 13.3 Å². The largest absolute Gasteiger partial charge is 0.500 e. The Morgan fingerprint density at radius 2 is 0.939 bits per heavy atom. The van der Waals surface area contributed by atoms with E-state index in [9.17, 15) is 26.3 Å². The third-order valence-electron chi connectivity index (χ3n) is 5.78. The summed E-state index contributed by atoms with van der Waals surface area (Å²) in [5, 5.41) is 0. The predicted molar refractivity (Wildman–Crippen MR) is 118 cm³/mol. The highest BCUT2D eigenvalue weighted by Gasteiger charge is 2.37. The van der Waals surface area contributed by atoms with Gasteiger partial charge in [0.25, 0.3) is 0 Å². The van der Waals surface area contributed by atoms with E-state index in [1.807, 2.05) is 0 Å². The second-order valence-electron chi connectivity index (χ2n) is 8.25. The van der Waals surface area contributed by atoms with Crippen LogP contribution in [0.15, 0.2) is 18.2 Å². The van der Waals surface area contributed by atoms with Gasteiger partial charge in [-0.2, -0.15) is 26.3 Å². The van der Waals surface area contributed by atoms with Crippen molar-refractivity contribution in [2.24, 2.45) is 0 Å². The van der Waals surface area contributed by atoms with E-state index in [-0.39, 0.29) is 18.1 Å². The fourth-order valence-electron chi connectivity index (χ4n) is 3.80. The molecule has 0 saturated carbocycles. The SMILES string of the molecule is CO[Si](CCCCCCCCCCCCc1cc(C(F)(F)F)cc(C(F)(F)F)c1)(OC)OC. The van der Waals surface area contributed by atoms with Gasteiger partial charge in [0.05, 0.1) is 11.1 Å². The Balaban J connectivity index is 2.21. The van der Waals surface area contributed by atoms with Crippen LogP contribution >= 0.6 is 0 Å². The van der Waals surface area contributed by atoms with Crippen molar-refractivity contribution >= 4 is 8.80 Å². The van der Waals surface area contributed by atoms with E-state index in [2.05, 4.69) is 0 Å². The summed E-state index contributed by atoms with van der Waals surface area (Å²) < 4.78 is 93.7. The summed E-state index contributed by atoms with van der Waals surface area (Å²) in [7, 11) is 2.36. The summed E-state index contributed by atoms with van der Waals surface area (Å²) in [4.78, 5) is 0. The van der Waals surface area contributed by atoms with Gasteiger partial charge in [0.15, 0.2) is 0 Å². The Hall–Kier alpha value is -1.10. The molecule has 0 unspecified atom stereocenters. The molecule has 0 N–H and O–H groups in total. The molecule has 0 aliphatic heterocycles. The van der Waals surface area contributed by atoms with E-state index in [1.165, 1.54) is 0 Å². The van der Waals surface area contributed by atoms with E-state index < -0.39 is 32.3 Å². The van der Waals surface area contributed by atoms with Crippen LogP contribution in [0, 0.1) is 0 Å². The van der Waals surface area contributed by atoms with Gasteiger partial charge in [0.1, 0.15) is 0 Å². The first-order valence-electron chi connectivity index (χ1n) is 11.4. The molecule has 3 nitrogen and oxygen atoms in total. The number of aryl methyl sites for hydroxylation is 1. The van der Waals surface area contributed by atoms with Crippen molar-refractivity contribution in [3.8, 4) is 0 Å². The van der Waals surface area contributed by atoms with Gasteiger partial charge in [0.2, 0.25) is 0 Å². The van der Waals surface area contributed by atoms with E-state index >= 15 is 0 Å². The van der Waals surface area contributed by atoms with Crippen molar-refractivity contribution < 1.29 is 39.6 Å². The second-order valence-corrected chi connectivity index (χ2v) is 11.3. The number of hydrogen-bond donors (Lipinski definition) is 0. The molecule has 0 saturated heterocycles. The van der Waals surface area contributed by atoms with Crippen LogP contribution in [-0.4, -0.2) is 30.1 Å². The van der Waals surface area contributed by atoms with Crippen molar-refractivity contribution in [3.05, 3.63) is 34.9 Å². The number of benzene rings is 1. The van der Waals surface area contributed by atoms with Crippen molar-refractivity contribution in [3.63, 3.8) is 0 Å².